The van der Waals surface area contributed by atoms with Crippen LogP contribution in [0.5, 0.6) is 0 Å². The molecule has 2 aromatic heterocycles. The van der Waals surface area contributed by atoms with Gasteiger partial charge in [-0.1, -0.05) is 20.8 Å². The number of pyridine rings is 1. The van der Waals surface area contributed by atoms with E-state index in [0.29, 0.717) is 5.56 Å². The van der Waals surface area contributed by atoms with Crippen molar-refractivity contribution in [3.8, 4) is 0 Å². The number of carbonyl (C=O) groups excluding carboxylic acids is 1. The molecule has 0 aliphatic carbocycles. The quantitative estimate of drug-likeness (QED) is 0.709. The number of fused-ring (bicyclic) bond motifs is 1. The van der Waals surface area contributed by atoms with Crippen LogP contribution in [0.1, 0.15) is 37.0 Å². The molecule has 0 bridgehead atoms. The number of hydrogen-bond donors (Lipinski definition) is 0. The van der Waals surface area contributed by atoms with Gasteiger partial charge in [-0.25, -0.2) is 9.78 Å². The van der Waals surface area contributed by atoms with Crippen LogP contribution >= 0.6 is 0 Å². The van der Waals surface area contributed by atoms with E-state index in [9.17, 15) is 4.79 Å². The highest BCUT2D eigenvalue weighted by Gasteiger charge is 2.20. The summed E-state index contributed by atoms with van der Waals surface area (Å²) in [7, 11) is 1.38. The number of hydrogen-bond acceptors (Lipinski definition) is 3. The van der Waals surface area contributed by atoms with Crippen LogP contribution in [0.4, 0.5) is 0 Å². The van der Waals surface area contributed by atoms with E-state index in [4.69, 9.17) is 4.74 Å². The van der Waals surface area contributed by atoms with E-state index in [-0.39, 0.29) is 11.4 Å². The van der Waals surface area contributed by atoms with Crippen LogP contribution in [0.2, 0.25) is 0 Å². The average Bonchev–Trinajstić information content (AvgIpc) is 2.70. The van der Waals surface area contributed by atoms with Crippen LogP contribution < -0.4 is 0 Å². The second kappa shape index (κ2) is 3.87. The summed E-state index contributed by atoms with van der Waals surface area (Å²) in [6.07, 6.45) is 3.58. The Morgan fingerprint density at radius 3 is 2.65 bits per heavy atom. The van der Waals surface area contributed by atoms with E-state index in [1.807, 2.05) is 16.7 Å². The van der Waals surface area contributed by atoms with Gasteiger partial charge in [0.15, 0.2) is 0 Å². The first-order valence-corrected chi connectivity index (χ1v) is 5.49. The molecule has 0 amide bonds. The van der Waals surface area contributed by atoms with Crippen molar-refractivity contribution in [1.29, 1.82) is 0 Å². The summed E-state index contributed by atoms with van der Waals surface area (Å²) < 4.78 is 6.65. The van der Waals surface area contributed by atoms with E-state index in [0.717, 1.165) is 11.3 Å². The van der Waals surface area contributed by atoms with E-state index in [2.05, 4.69) is 25.8 Å². The number of imidazole rings is 1. The molecule has 0 saturated carbocycles. The summed E-state index contributed by atoms with van der Waals surface area (Å²) in [5.41, 5.74) is 1.44. The van der Waals surface area contributed by atoms with Crippen LogP contribution in [0.25, 0.3) is 5.52 Å². The number of aromatic nitrogens is 2. The fourth-order valence-electron chi connectivity index (χ4n) is 1.78. The van der Waals surface area contributed by atoms with E-state index < -0.39 is 0 Å². The van der Waals surface area contributed by atoms with Crippen molar-refractivity contribution in [3.05, 3.63) is 35.9 Å². The minimum Gasteiger partial charge on any atom is -0.465 e. The van der Waals surface area contributed by atoms with Crippen LogP contribution in [-0.2, 0) is 10.2 Å². The first kappa shape index (κ1) is 11.6. The standard InChI is InChI=1S/C13H16N2O2/c1-13(2,3)12-14-7-10-6-5-9(8-15(10)12)11(16)17-4/h5-8H,1-4H3. The van der Waals surface area contributed by atoms with Crippen molar-refractivity contribution >= 4 is 11.5 Å². The van der Waals surface area contributed by atoms with Gasteiger partial charge in [0, 0.05) is 11.6 Å². The topological polar surface area (TPSA) is 43.6 Å². The summed E-state index contributed by atoms with van der Waals surface area (Å²) in [5, 5.41) is 0. The fraction of sp³-hybridized carbons (Fsp3) is 0.385. The lowest BCUT2D eigenvalue weighted by atomic mass is 9.96. The minimum atomic E-state index is -0.333. The zero-order valence-corrected chi connectivity index (χ0v) is 10.5. The Balaban J connectivity index is 2.62. The lowest BCUT2D eigenvalue weighted by Crippen LogP contribution is -2.16. The molecular weight excluding hydrogens is 216 g/mol. The molecule has 0 aromatic carbocycles. The molecular formula is C13H16N2O2. The molecule has 0 atom stereocenters. The van der Waals surface area contributed by atoms with Gasteiger partial charge in [0.25, 0.3) is 0 Å². The molecule has 4 heteroatoms. The Hall–Kier alpha value is -1.84. The van der Waals surface area contributed by atoms with E-state index >= 15 is 0 Å². The second-order valence-corrected chi connectivity index (χ2v) is 5.04. The highest BCUT2D eigenvalue weighted by atomic mass is 16.5. The highest BCUT2D eigenvalue weighted by Crippen LogP contribution is 2.22. The lowest BCUT2D eigenvalue weighted by molar-refractivity contribution is 0.0600. The lowest BCUT2D eigenvalue weighted by Gasteiger charge is -2.17. The number of rotatable bonds is 1. The van der Waals surface area contributed by atoms with Gasteiger partial charge in [-0.2, -0.15) is 0 Å². The minimum absolute atomic E-state index is 0.0683. The van der Waals surface area contributed by atoms with Crippen molar-refractivity contribution in [1.82, 2.24) is 9.38 Å². The van der Waals surface area contributed by atoms with Crippen molar-refractivity contribution in [2.45, 2.75) is 26.2 Å². The van der Waals surface area contributed by atoms with E-state index in [1.165, 1.54) is 7.11 Å². The molecule has 17 heavy (non-hydrogen) atoms. The van der Waals surface area contributed by atoms with Crippen LogP contribution in [0.3, 0.4) is 0 Å². The molecule has 90 valence electrons. The summed E-state index contributed by atoms with van der Waals surface area (Å²) in [5.74, 6) is 0.596. The highest BCUT2D eigenvalue weighted by molar-refractivity contribution is 5.89. The van der Waals surface area contributed by atoms with Crippen LogP contribution in [0, 0.1) is 0 Å². The molecule has 0 aliphatic heterocycles. The van der Waals surface area contributed by atoms with Crippen LogP contribution in [-0.4, -0.2) is 22.5 Å². The first-order chi connectivity index (χ1) is 7.93. The maximum atomic E-state index is 11.5. The molecule has 4 nitrogen and oxygen atoms in total. The smallest absolute Gasteiger partial charge is 0.339 e. The molecule has 0 aliphatic rings. The molecule has 0 spiro atoms. The monoisotopic (exact) mass is 232 g/mol. The van der Waals surface area contributed by atoms with Crippen molar-refractivity contribution in [2.24, 2.45) is 0 Å². The van der Waals surface area contributed by atoms with Crippen molar-refractivity contribution in [2.75, 3.05) is 7.11 Å². The van der Waals surface area contributed by atoms with Crippen LogP contribution in [0.15, 0.2) is 24.5 Å². The zero-order chi connectivity index (χ0) is 12.6. The number of carbonyl (C=O) groups is 1. The summed E-state index contributed by atoms with van der Waals surface area (Å²) in [6.45, 7) is 6.27. The molecule has 0 radical (unpaired) electrons. The normalized spacial score (nSPS) is 11.8. The third kappa shape index (κ3) is 2.02. The molecule has 0 saturated heterocycles. The molecule has 2 rings (SSSR count). The molecule has 2 aromatic rings. The number of nitrogens with zero attached hydrogens (tertiary/aromatic N) is 2. The Bertz CT molecular complexity index is 564. The van der Waals surface area contributed by atoms with Gasteiger partial charge in [0.1, 0.15) is 5.82 Å². The largest absolute Gasteiger partial charge is 0.465 e. The Morgan fingerprint density at radius 1 is 1.35 bits per heavy atom. The second-order valence-electron chi connectivity index (χ2n) is 5.04. The molecule has 0 fully saturated rings. The van der Waals surface area contributed by atoms with Crippen molar-refractivity contribution in [3.63, 3.8) is 0 Å². The Kier molecular flexibility index (Phi) is 2.65. The van der Waals surface area contributed by atoms with Gasteiger partial charge in [0.05, 0.1) is 24.4 Å². The molecule has 0 N–H and O–H groups in total. The SMILES string of the molecule is COC(=O)c1ccc2cnc(C(C)(C)C)n2c1. The van der Waals surface area contributed by atoms with Gasteiger partial charge in [-0.05, 0) is 12.1 Å². The number of methoxy groups -OCH3 is 1. The van der Waals surface area contributed by atoms with Gasteiger partial charge in [0.2, 0.25) is 0 Å². The number of ether oxygens (including phenoxy) is 1. The van der Waals surface area contributed by atoms with Crippen molar-refractivity contribution < 1.29 is 9.53 Å². The maximum Gasteiger partial charge on any atom is 0.339 e. The predicted molar refractivity (Wildman–Crippen MR) is 65.2 cm³/mol. The fourth-order valence-corrected chi connectivity index (χ4v) is 1.78. The number of esters is 1. The maximum absolute atomic E-state index is 11.5. The predicted octanol–water partition coefficient (Wildman–Crippen LogP) is 2.42. The first-order valence-electron chi connectivity index (χ1n) is 5.49. The third-order valence-electron chi connectivity index (χ3n) is 2.62. The third-order valence-corrected chi connectivity index (χ3v) is 2.62. The van der Waals surface area contributed by atoms with Gasteiger partial charge in [-0.15, -0.1) is 0 Å². The van der Waals surface area contributed by atoms with Gasteiger partial charge < -0.3 is 9.14 Å². The zero-order valence-electron chi connectivity index (χ0n) is 10.5. The average molecular weight is 232 g/mol. The Morgan fingerprint density at radius 2 is 2.06 bits per heavy atom. The Labute approximate surface area is 100 Å². The summed E-state index contributed by atoms with van der Waals surface area (Å²) in [6, 6.07) is 3.61. The van der Waals surface area contributed by atoms with Gasteiger partial charge in [-0.3, -0.25) is 0 Å². The summed E-state index contributed by atoms with van der Waals surface area (Å²) in [4.78, 5) is 15.9. The van der Waals surface area contributed by atoms with Gasteiger partial charge >= 0.3 is 5.97 Å². The molecule has 2 heterocycles. The molecule has 0 unspecified atom stereocenters. The summed E-state index contributed by atoms with van der Waals surface area (Å²) >= 11 is 0. The van der Waals surface area contributed by atoms with E-state index in [1.54, 1.807) is 12.3 Å².